The first-order valence-corrected chi connectivity index (χ1v) is 19.1. The van der Waals surface area contributed by atoms with Crippen LogP contribution in [0, 0.1) is 5.92 Å². The largest absolute Gasteiger partial charge is 0.334 e. The van der Waals surface area contributed by atoms with Gasteiger partial charge in [0.1, 0.15) is 0 Å². The van der Waals surface area contributed by atoms with E-state index in [-0.39, 0.29) is 11.5 Å². The number of fused-ring (bicyclic) bond motifs is 10. The number of rotatable bonds is 4. The van der Waals surface area contributed by atoms with Crippen molar-refractivity contribution in [2.75, 3.05) is 4.90 Å². The summed E-state index contributed by atoms with van der Waals surface area (Å²) in [7, 11) is 0. The van der Waals surface area contributed by atoms with Crippen LogP contribution in [0.25, 0.3) is 58.8 Å². The normalized spacial score (nSPS) is 18.2. The Balaban J connectivity index is 1.07. The maximum absolute atomic E-state index is 2.56. The molecule has 0 N–H and O–H groups in total. The van der Waals surface area contributed by atoms with E-state index in [1.807, 2.05) is 11.3 Å². The molecular weight excluding hydrogens is 649 g/mol. The topological polar surface area (TPSA) is 8.17 Å². The first-order valence-electron chi connectivity index (χ1n) is 18.3. The van der Waals surface area contributed by atoms with Gasteiger partial charge in [-0.05, 0) is 76.4 Å². The van der Waals surface area contributed by atoms with Crippen LogP contribution >= 0.6 is 11.3 Å². The lowest BCUT2D eigenvalue weighted by Crippen LogP contribution is -2.37. The van der Waals surface area contributed by atoms with E-state index in [2.05, 4.69) is 193 Å². The monoisotopic (exact) mass is 684 g/mol. The SMILES string of the molecule is CC1(C)c2ccc(-c3ccc(N(c4ccccc4)C4C=CC=C5C=CC=CC54)cc3)cc2-n2c3ccccc3c3c4sc5ccccc5c4cc1c32. The molecule has 0 saturated heterocycles. The summed E-state index contributed by atoms with van der Waals surface area (Å²) >= 11 is 1.93. The van der Waals surface area contributed by atoms with Gasteiger partial charge in [0.2, 0.25) is 0 Å². The Morgan fingerprint density at radius 1 is 0.635 bits per heavy atom. The molecule has 0 saturated carbocycles. The van der Waals surface area contributed by atoms with Crippen LogP contribution in [0.1, 0.15) is 25.0 Å². The second-order valence-corrected chi connectivity index (χ2v) is 15.9. The number of para-hydroxylation sites is 2. The predicted molar refractivity (Wildman–Crippen MR) is 223 cm³/mol. The van der Waals surface area contributed by atoms with Gasteiger partial charge in [-0.2, -0.15) is 0 Å². The maximum atomic E-state index is 2.56. The molecule has 0 amide bonds. The molecule has 2 aromatic heterocycles. The fourth-order valence-electron chi connectivity index (χ4n) is 9.22. The molecule has 52 heavy (non-hydrogen) atoms. The van der Waals surface area contributed by atoms with Crippen molar-refractivity contribution in [1.29, 1.82) is 0 Å². The predicted octanol–water partition coefficient (Wildman–Crippen LogP) is 13.2. The number of anilines is 2. The lowest BCUT2D eigenvalue weighted by molar-refractivity contribution is 0.631. The molecule has 0 spiro atoms. The van der Waals surface area contributed by atoms with Crippen LogP contribution in [-0.4, -0.2) is 10.6 Å². The molecule has 2 unspecified atom stereocenters. The molecule has 8 aromatic rings. The van der Waals surface area contributed by atoms with Gasteiger partial charge in [-0.15, -0.1) is 11.3 Å². The Morgan fingerprint density at radius 2 is 1.38 bits per heavy atom. The zero-order valence-corrected chi connectivity index (χ0v) is 29.9. The Labute approximate surface area is 307 Å². The molecule has 2 aliphatic carbocycles. The number of aromatic nitrogens is 1. The van der Waals surface area contributed by atoms with E-state index in [9.17, 15) is 0 Å². The van der Waals surface area contributed by atoms with E-state index >= 15 is 0 Å². The Bertz CT molecular complexity index is 2880. The molecule has 0 fully saturated rings. The van der Waals surface area contributed by atoms with Gasteiger partial charge in [0.15, 0.2) is 0 Å². The first-order chi connectivity index (χ1) is 25.6. The number of hydrogen-bond acceptors (Lipinski definition) is 2. The summed E-state index contributed by atoms with van der Waals surface area (Å²) in [6.45, 7) is 4.82. The highest BCUT2D eigenvalue weighted by molar-refractivity contribution is 7.26. The number of hydrogen-bond donors (Lipinski definition) is 0. The Kier molecular flexibility index (Phi) is 6.33. The average molecular weight is 685 g/mol. The average Bonchev–Trinajstić information content (AvgIpc) is 3.74. The molecule has 2 atom stereocenters. The van der Waals surface area contributed by atoms with Gasteiger partial charge in [0.05, 0.1) is 22.8 Å². The van der Waals surface area contributed by atoms with Crippen LogP contribution < -0.4 is 4.90 Å². The van der Waals surface area contributed by atoms with E-state index in [1.165, 1.54) is 86.9 Å². The van der Waals surface area contributed by atoms with Crippen molar-refractivity contribution in [3.8, 4) is 16.8 Å². The molecule has 0 bridgehead atoms. The zero-order chi connectivity index (χ0) is 34.6. The third kappa shape index (κ3) is 4.17. The van der Waals surface area contributed by atoms with E-state index in [4.69, 9.17) is 0 Å². The molecule has 3 aliphatic rings. The minimum absolute atomic E-state index is 0.169. The second-order valence-electron chi connectivity index (χ2n) is 14.9. The molecule has 0 radical (unpaired) electrons. The van der Waals surface area contributed by atoms with E-state index in [0.717, 1.165) is 0 Å². The quantitative estimate of drug-likeness (QED) is 0.179. The van der Waals surface area contributed by atoms with Crippen LogP contribution in [0.3, 0.4) is 0 Å². The van der Waals surface area contributed by atoms with Gasteiger partial charge >= 0.3 is 0 Å². The molecule has 6 aromatic carbocycles. The van der Waals surface area contributed by atoms with Crippen molar-refractivity contribution >= 4 is 64.7 Å². The van der Waals surface area contributed by atoms with Crippen LogP contribution in [0.5, 0.6) is 0 Å². The van der Waals surface area contributed by atoms with Crippen LogP contribution in [0.4, 0.5) is 11.4 Å². The van der Waals surface area contributed by atoms with Crippen LogP contribution in [0.15, 0.2) is 175 Å². The van der Waals surface area contributed by atoms with Gasteiger partial charge in [0, 0.05) is 53.7 Å². The van der Waals surface area contributed by atoms with Crippen molar-refractivity contribution in [2.24, 2.45) is 5.92 Å². The van der Waals surface area contributed by atoms with Gasteiger partial charge < -0.3 is 9.47 Å². The summed E-state index contributed by atoms with van der Waals surface area (Å²) in [5.41, 5.74) is 12.7. The highest BCUT2D eigenvalue weighted by Crippen LogP contribution is 2.52. The zero-order valence-electron chi connectivity index (χ0n) is 29.1. The van der Waals surface area contributed by atoms with Crippen molar-refractivity contribution < 1.29 is 0 Å². The maximum Gasteiger partial charge on any atom is 0.0628 e. The van der Waals surface area contributed by atoms with Gasteiger partial charge in [0.25, 0.3) is 0 Å². The van der Waals surface area contributed by atoms with Crippen molar-refractivity contribution in [1.82, 2.24) is 4.57 Å². The molecule has 11 rings (SSSR count). The van der Waals surface area contributed by atoms with E-state index < -0.39 is 0 Å². The third-order valence-corrected chi connectivity index (χ3v) is 12.9. The molecule has 2 nitrogen and oxygen atoms in total. The van der Waals surface area contributed by atoms with Crippen molar-refractivity contribution in [3.63, 3.8) is 0 Å². The number of allylic oxidation sites excluding steroid dienone is 5. The molecule has 3 heteroatoms. The third-order valence-electron chi connectivity index (χ3n) is 11.7. The Hall–Kier alpha value is -5.90. The van der Waals surface area contributed by atoms with Crippen LogP contribution in [-0.2, 0) is 5.41 Å². The fourth-order valence-corrected chi connectivity index (χ4v) is 10.5. The minimum atomic E-state index is -0.169. The summed E-state index contributed by atoms with van der Waals surface area (Å²) in [4.78, 5) is 2.49. The molecule has 3 heterocycles. The Morgan fingerprint density at radius 3 is 2.25 bits per heavy atom. The highest BCUT2D eigenvalue weighted by atomic mass is 32.1. The number of thiophene rings is 1. The highest BCUT2D eigenvalue weighted by Gasteiger charge is 2.37. The summed E-state index contributed by atoms with van der Waals surface area (Å²) < 4.78 is 5.30. The minimum Gasteiger partial charge on any atom is -0.334 e. The smallest absolute Gasteiger partial charge is 0.0628 e. The van der Waals surface area contributed by atoms with Gasteiger partial charge in [-0.25, -0.2) is 0 Å². The summed E-state index contributed by atoms with van der Waals surface area (Å²) in [5.74, 6) is 0.295. The first kappa shape index (κ1) is 29.8. The fraction of sp³-hybridized carbons (Fsp3) is 0.102. The summed E-state index contributed by atoms with van der Waals surface area (Å²) in [5, 5.41) is 5.44. The van der Waals surface area contributed by atoms with E-state index in [1.54, 1.807) is 0 Å². The van der Waals surface area contributed by atoms with Gasteiger partial charge in [-0.1, -0.05) is 135 Å². The standard InChI is InChI=1S/C49H36N2S/c1-49(2)40-28-25-33(31-23-26-35(27-24-31)50(34-15-4-3-5-16-34)42-21-12-14-32-13-6-7-17-36(32)42)29-44(40)51-43-20-10-8-19-38(43)46-47(51)41(49)30-39-37-18-9-11-22-45(37)52-48(39)46/h3-30,36,42H,1-2H3. The summed E-state index contributed by atoms with van der Waals surface area (Å²) in [6.07, 6.45) is 15.7. The molecule has 248 valence electrons. The van der Waals surface area contributed by atoms with Crippen molar-refractivity contribution in [3.05, 3.63) is 187 Å². The van der Waals surface area contributed by atoms with Crippen LogP contribution in [0.2, 0.25) is 0 Å². The lowest BCUT2D eigenvalue weighted by atomic mass is 9.74. The number of nitrogens with zero attached hydrogens (tertiary/aromatic N) is 2. The molecule has 1 aliphatic heterocycles. The number of benzene rings is 6. The summed E-state index contributed by atoms with van der Waals surface area (Å²) in [6, 6.07) is 47.8. The van der Waals surface area contributed by atoms with E-state index in [0.29, 0.717) is 5.92 Å². The lowest BCUT2D eigenvalue weighted by Gasteiger charge is -2.38. The second kappa shape index (κ2) is 11.0. The van der Waals surface area contributed by atoms with Gasteiger partial charge in [-0.3, -0.25) is 0 Å². The molecular formula is C49H36N2S. The van der Waals surface area contributed by atoms with Crippen molar-refractivity contribution in [2.45, 2.75) is 25.3 Å².